The molecule has 3 rings (SSSR count). The van der Waals surface area contributed by atoms with Crippen LogP contribution in [0.2, 0.25) is 0 Å². The van der Waals surface area contributed by atoms with E-state index in [2.05, 4.69) is 15.6 Å². The molecule has 0 saturated carbocycles. The van der Waals surface area contributed by atoms with Gasteiger partial charge in [0.05, 0.1) is 10.6 Å². The summed E-state index contributed by atoms with van der Waals surface area (Å²) in [5.41, 5.74) is 0.825. The largest absolute Gasteiger partial charge is 0.338 e. The van der Waals surface area contributed by atoms with E-state index in [1.54, 1.807) is 6.92 Å². The molecule has 0 aliphatic carbocycles. The number of hydrogen-bond donors (Lipinski definition) is 2. The molecule has 2 aromatic rings. The van der Waals surface area contributed by atoms with Crippen LogP contribution in [0.1, 0.15) is 32.9 Å². The summed E-state index contributed by atoms with van der Waals surface area (Å²) in [5.74, 6) is -0.834. The first-order valence-corrected chi connectivity index (χ1v) is 12.6. The van der Waals surface area contributed by atoms with Gasteiger partial charge in [-0.3, -0.25) is 5.32 Å². The normalized spacial score (nSPS) is 19.2. The fourth-order valence-corrected chi connectivity index (χ4v) is 4.55. The summed E-state index contributed by atoms with van der Waals surface area (Å²) in [4.78, 5) is 27.0. The third kappa shape index (κ3) is 6.01. The summed E-state index contributed by atoms with van der Waals surface area (Å²) in [5, 5.41) is 5.65. The zero-order valence-electron chi connectivity index (χ0n) is 18.4. The van der Waals surface area contributed by atoms with Crippen LogP contribution in [-0.2, 0) is 24.3 Å². The molecule has 0 bridgehead atoms. The predicted molar refractivity (Wildman–Crippen MR) is 117 cm³/mol. The second-order valence-corrected chi connectivity index (χ2v) is 11.5. The van der Waals surface area contributed by atoms with Gasteiger partial charge in [-0.2, -0.15) is 0 Å². The summed E-state index contributed by atoms with van der Waals surface area (Å²) in [6.45, 7) is 7.90. The summed E-state index contributed by atoms with van der Waals surface area (Å²) < 4.78 is 43.1. The molecule has 176 valence electrons. The Hall–Kier alpha value is -2.12. The summed E-state index contributed by atoms with van der Waals surface area (Å²) in [6.07, 6.45) is 0.297. The molecule has 0 spiro atoms. The van der Waals surface area contributed by atoms with E-state index in [1.807, 2.05) is 20.8 Å². The van der Waals surface area contributed by atoms with E-state index >= 15 is 0 Å². The molecule has 2 amide bonds. The molecule has 1 aliphatic heterocycles. The number of urea groups is 1. The molecule has 2 unspecified atom stereocenters. The molecule has 0 radical (unpaired) electrons. The average molecular weight is 488 g/mol. The third-order valence-electron chi connectivity index (χ3n) is 4.51. The minimum atomic E-state index is -3.66. The minimum absolute atomic E-state index is 0.228. The van der Waals surface area contributed by atoms with Crippen molar-refractivity contribution in [3.63, 3.8) is 0 Å². The quantitative estimate of drug-likeness (QED) is 0.595. The topological polar surface area (TPSA) is 116 Å². The van der Waals surface area contributed by atoms with Gasteiger partial charge in [-0.15, -0.1) is 0 Å². The fourth-order valence-electron chi connectivity index (χ4n) is 2.87. The van der Waals surface area contributed by atoms with E-state index in [4.69, 9.17) is 14.5 Å². The van der Waals surface area contributed by atoms with Crippen LogP contribution in [-0.4, -0.2) is 44.8 Å². The number of carbonyl (C=O) groups is 1. The lowest BCUT2D eigenvalue weighted by molar-refractivity contribution is -0.310. The van der Waals surface area contributed by atoms with Crippen LogP contribution in [0, 0.1) is 18.2 Å². The van der Waals surface area contributed by atoms with Crippen LogP contribution < -0.4 is 10.6 Å². The Morgan fingerprint density at radius 2 is 2.00 bits per heavy atom. The Morgan fingerprint density at radius 3 is 2.59 bits per heavy atom. The third-order valence-corrected chi connectivity index (χ3v) is 6.76. The minimum Gasteiger partial charge on any atom is -0.338 e. The van der Waals surface area contributed by atoms with Crippen molar-refractivity contribution in [3.05, 3.63) is 29.7 Å². The molecule has 32 heavy (non-hydrogen) atoms. The zero-order chi connectivity index (χ0) is 23.7. The molecule has 2 N–H and O–H groups in total. The molecule has 1 aromatic carbocycles. The molecular formula is C20H26FN3O6S2. The maximum atomic E-state index is 14.2. The standard InChI is InChI=1S/C20H26FN3O6S2/c1-11-16(12-6-7-14(13(21)10-12)32(5,26)27)31-19(23-11)24-18(25)22-9-8-15-28-17(30-29-15)20(2,3)4/h6-7,10,15,17H,8-9H2,1-5H3,(H2,22,23,24,25). The van der Waals surface area contributed by atoms with Crippen molar-refractivity contribution in [2.45, 2.75) is 51.6 Å². The molecule has 2 atom stereocenters. The van der Waals surface area contributed by atoms with Crippen LogP contribution in [0.5, 0.6) is 0 Å². The molecule has 2 heterocycles. The number of thiazole rings is 1. The summed E-state index contributed by atoms with van der Waals surface area (Å²) in [6, 6.07) is 3.42. The van der Waals surface area contributed by atoms with Crippen molar-refractivity contribution in [3.8, 4) is 10.4 Å². The molecule has 1 fully saturated rings. The monoisotopic (exact) mass is 487 g/mol. The van der Waals surface area contributed by atoms with Gasteiger partial charge in [0.1, 0.15) is 10.7 Å². The number of aryl methyl sites for hydroxylation is 1. The summed E-state index contributed by atoms with van der Waals surface area (Å²) in [7, 11) is -3.66. The Balaban J connectivity index is 1.55. The van der Waals surface area contributed by atoms with Crippen LogP contribution in [0.3, 0.4) is 0 Å². The number of carbonyl (C=O) groups excluding carboxylic acids is 1. The highest BCUT2D eigenvalue weighted by molar-refractivity contribution is 7.90. The number of amides is 2. The van der Waals surface area contributed by atoms with E-state index in [0.29, 0.717) is 27.7 Å². The van der Waals surface area contributed by atoms with Gasteiger partial charge in [0.25, 0.3) is 0 Å². The number of nitrogens with one attached hydrogen (secondary N) is 2. The molecule has 12 heteroatoms. The number of nitrogens with zero attached hydrogens (tertiary/aromatic N) is 1. The first-order valence-electron chi connectivity index (χ1n) is 9.84. The van der Waals surface area contributed by atoms with Crippen molar-refractivity contribution in [2.75, 3.05) is 18.1 Å². The molecule has 1 saturated heterocycles. The average Bonchev–Trinajstić information content (AvgIpc) is 3.27. The molecule has 9 nitrogen and oxygen atoms in total. The Labute approximate surface area is 190 Å². The smallest absolute Gasteiger partial charge is 0.321 e. The number of rotatable bonds is 6. The molecular weight excluding hydrogens is 461 g/mol. The number of ether oxygens (including phenoxy) is 1. The predicted octanol–water partition coefficient (Wildman–Crippen LogP) is 3.85. The van der Waals surface area contributed by atoms with Crippen molar-refractivity contribution in [1.29, 1.82) is 0 Å². The molecule has 1 aromatic heterocycles. The van der Waals surface area contributed by atoms with Crippen molar-refractivity contribution in [1.82, 2.24) is 10.3 Å². The van der Waals surface area contributed by atoms with Crippen LogP contribution in [0.4, 0.5) is 14.3 Å². The van der Waals surface area contributed by atoms with Gasteiger partial charge in [0.15, 0.2) is 27.5 Å². The van der Waals surface area contributed by atoms with E-state index in [-0.39, 0.29) is 16.9 Å². The van der Waals surface area contributed by atoms with E-state index < -0.39 is 34.3 Å². The number of sulfone groups is 1. The lowest BCUT2D eigenvalue weighted by Crippen LogP contribution is -2.32. The maximum absolute atomic E-state index is 14.2. The van der Waals surface area contributed by atoms with Crippen molar-refractivity contribution < 1.29 is 32.1 Å². The Morgan fingerprint density at radius 1 is 1.28 bits per heavy atom. The second kappa shape index (κ2) is 9.40. The Bertz CT molecular complexity index is 1100. The summed E-state index contributed by atoms with van der Waals surface area (Å²) >= 11 is 1.16. The second-order valence-electron chi connectivity index (χ2n) is 8.48. The maximum Gasteiger partial charge on any atom is 0.321 e. The van der Waals surface area contributed by atoms with Gasteiger partial charge in [-0.05, 0) is 24.6 Å². The van der Waals surface area contributed by atoms with Gasteiger partial charge in [-0.25, -0.2) is 32.4 Å². The number of benzene rings is 1. The number of anilines is 1. The van der Waals surface area contributed by atoms with Gasteiger partial charge in [0.2, 0.25) is 0 Å². The number of halogens is 1. The van der Waals surface area contributed by atoms with Crippen LogP contribution in [0.25, 0.3) is 10.4 Å². The van der Waals surface area contributed by atoms with Crippen molar-refractivity contribution in [2.24, 2.45) is 5.41 Å². The highest BCUT2D eigenvalue weighted by atomic mass is 32.2. The number of aromatic nitrogens is 1. The van der Waals surface area contributed by atoms with Gasteiger partial charge >= 0.3 is 6.03 Å². The van der Waals surface area contributed by atoms with Crippen LogP contribution in [0.15, 0.2) is 23.1 Å². The van der Waals surface area contributed by atoms with Gasteiger partial charge in [0, 0.05) is 24.6 Å². The Kier molecular flexibility index (Phi) is 7.20. The van der Waals surface area contributed by atoms with Crippen LogP contribution >= 0.6 is 11.3 Å². The van der Waals surface area contributed by atoms with Crippen molar-refractivity contribution >= 4 is 32.3 Å². The first-order chi connectivity index (χ1) is 14.8. The van der Waals surface area contributed by atoms with E-state index in [0.717, 1.165) is 23.7 Å². The number of hydrogen-bond acceptors (Lipinski definition) is 8. The van der Waals surface area contributed by atoms with E-state index in [9.17, 15) is 17.6 Å². The van der Waals surface area contributed by atoms with Gasteiger partial charge < -0.3 is 10.1 Å². The zero-order valence-corrected chi connectivity index (χ0v) is 20.0. The fraction of sp³-hybridized carbons (Fsp3) is 0.500. The highest BCUT2D eigenvalue weighted by Crippen LogP contribution is 2.34. The lowest BCUT2D eigenvalue weighted by Gasteiger charge is -2.22. The van der Waals surface area contributed by atoms with Gasteiger partial charge in [-0.1, -0.05) is 38.2 Å². The first kappa shape index (κ1) is 24.5. The molecule has 1 aliphatic rings. The highest BCUT2D eigenvalue weighted by Gasteiger charge is 2.36. The van der Waals surface area contributed by atoms with E-state index in [1.165, 1.54) is 12.1 Å². The lowest BCUT2D eigenvalue weighted by atomic mass is 9.96. The SMILES string of the molecule is Cc1nc(NC(=O)NCCC2OOC(C(C)(C)C)O2)sc1-c1ccc(S(C)(=O)=O)c(F)c1.